The predicted molar refractivity (Wildman–Crippen MR) is 75.2 cm³/mol. The van der Waals surface area contributed by atoms with E-state index >= 15 is 0 Å². The number of carbonyl (C=O) groups is 1. The molecule has 0 radical (unpaired) electrons. The number of nitrogens with one attached hydrogen (secondary N) is 1. The van der Waals surface area contributed by atoms with Crippen molar-refractivity contribution in [3.05, 3.63) is 42.2 Å². The second-order valence-corrected chi connectivity index (χ2v) is 5.85. The van der Waals surface area contributed by atoms with Crippen LogP contribution in [0.1, 0.15) is 12.0 Å². The van der Waals surface area contributed by atoms with Gasteiger partial charge in [0.2, 0.25) is 5.91 Å². The second-order valence-electron chi connectivity index (χ2n) is 5.85. The van der Waals surface area contributed by atoms with Crippen LogP contribution in [-0.2, 0) is 16.0 Å². The highest BCUT2D eigenvalue weighted by atomic mass is 16.5. The molecule has 1 saturated heterocycles. The molecule has 1 aromatic carbocycles. The van der Waals surface area contributed by atoms with Gasteiger partial charge in [-0.15, -0.1) is 0 Å². The number of aromatic nitrogens is 1. The Morgan fingerprint density at radius 1 is 1.40 bits per heavy atom. The van der Waals surface area contributed by atoms with Crippen molar-refractivity contribution in [2.24, 2.45) is 5.92 Å². The van der Waals surface area contributed by atoms with Crippen LogP contribution in [0.15, 0.2) is 36.7 Å². The summed E-state index contributed by atoms with van der Waals surface area (Å²) < 4.78 is 5.40. The van der Waals surface area contributed by atoms with E-state index in [1.807, 2.05) is 24.4 Å². The molecule has 2 fully saturated rings. The Morgan fingerprint density at radius 2 is 2.35 bits per heavy atom. The molecule has 1 amide bonds. The molecule has 4 nitrogen and oxygen atoms in total. The van der Waals surface area contributed by atoms with Crippen molar-refractivity contribution in [2.75, 3.05) is 13.2 Å². The van der Waals surface area contributed by atoms with E-state index in [-0.39, 0.29) is 11.4 Å². The highest BCUT2D eigenvalue weighted by Crippen LogP contribution is 2.48. The van der Waals surface area contributed by atoms with Crippen molar-refractivity contribution in [3.8, 4) is 0 Å². The monoisotopic (exact) mass is 268 g/mol. The third-order valence-electron chi connectivity index (χ3n) is 4.37. The van der Waals surface area contributed by atoms with E-state index < -0.39 is 0 Å². The number of nitrogens with zero attached hydrogens (tertiary/aromatic N) is 1. The molecule has 2 atom stereocenters. The first-order valence-corrected chi connectivity index (χ1v) is 6.97. The van der Waals surface area contributed by atoms with Crippen LogP contribution in [-0.4, -0.2) is 29.6 Å². The maximum Gasteiger partial charge on any atom is 0.224 e. The summed E-state index contributed by atoms with van der Waals surface area (Å²) in [4.78, 5) is 16.3. The fraction of sp³-hybridized carbons (Fsp3) is 0.375. The van der Waals surface area contributed by atoms with E-state index in [1.165, 1.54) is 0 Å². The number of hydrogen-bond donors (Lipinski definition) is 1. The molecule has 1 aliphatic heterocycles. The normalized spacial score (nSPS) is 27.3. The van der Waals surface area contributed by atoms with Crippen molar-refractivity contribution in [2.45, 2.75) is 18.4 Å². The van der Waals surface area contributed by atoms with Crippen LogP contribution in [0.5, 0.6) is 0 Å². The number of rotatable bonds is 3. The van der Waals surface area contributed by atoms with Gasteiger partial charge in [-0.2, -0.15) is 0 Å². The van der Waals surface area contributed by atoms with Crippen LogP contribution in [0.3, 0.4) is 0 Å². The maximum absolute atomic E-state index is 12.2. The molecule has 2 aromatic rings. The molecule has 1 aromatic heterocycles. The van der Waals surface area contributed by atoms with Crippen LogP contribution >= 0.6 is 0 Å². The lowest BCUT2D eigenvalue weighted by Gasteiger charge is -2.13. The van der Waals surface area contributed by atoms with Crippen molar-refractivity contribution >= 4 is 16.7 Å². The van der Waals surface area contributed by atoms with Crippen molar-refractivity contribution in [1.29, 1.82) is 0 Å². The molecule has 0 bridgehead atoms. The summed E-state index contributed by atoms with van der Waals surface area (Å²) in [5, 5.41) is 5.37. The topological polar surface area (TPSA) is 51.2 Å². The minimum Gasteiger partial charge on any atom is -0.379 e. The number of pyridine rings is 1. The SMILES string of the molecule is O=C(Cc1ccc2cnccc2c1)N[C@@]12COC[C@@H]1C2. The summed E-state index contributed by atoms with van der Waals surface area (Å²) >= 11 is 0. The molecule has 0 spiro atoms. The number of benzene rings is 1. The molecule has 1 saturated carbocycles. The van der Waals surface area contributed by atoms with Crippen molar-refractivity contribution < 1.29 is 9.53 Å². The van der Waals surface area contributed by atoms with Gasteiger partial charge < -0.3 is 10.1 Å². The Kier molecular flexibility index (Phi) is 2.54. The molecule has 20 heavy (non-hydrogen) atoms. The molecule has 4 rings (SSSR count). The zero-order chi connectivity index (χ0) is 13.6. The van der Waals surface area contributed by atoms with E-state index in [0.29, 0.717) is 18.9 Å². The van der Waals surface area contributed by atoms with Crippen molar-refractivity contribution in [1.82, 2.24) is 10.3 Å². The molecule has 1 aliphatic carbocycles. The lowest BCUT2D eigenvalue weighted by molar-refractivity contribution is -0.121. The van der Waals surface area contributed by atoms with Crippen LogP contribution in [0.4, 0.5) is 0 Å². The average Bonchev–Trinajstić information content (AvgIpc) is 2.98. The minimum atomic E-state index is -0.0438. The van der Waals surface area contributed by atoms with Gasteiger partial charge in [-0.05, 0) is 23.4 Å². The van der Waals surface area contributed by atoms with E-state index in [2.05, 4.69) is 16.4 Å². The Labute approximate surface area is 117 Å². The molecule has 0 unspecified atom stereocenters. The Hall–Kier alpha value is -1.94. The number of hydrogen-bond acceptors (Lipinski definition) is 3. The highest BCUT2D eigenvalue weighted by Gasteiger charge is 2.59. The summed E-state index contributed by atoms with van der Waals surface area (Å²) in [5.74, 6) is 0.625. The molecular formula is C16H16N2O2. The van der Waals surface area contributed by atoms with Gasteiger partial charge >= 0.3 is 0 Å². The Bertz CT molecular complexity index is 685. The third-order valence-corrected chi connectivity index (χ3v) is 4.37. The lowest BCUT2D eigenvalue weighted by atomic mass is 10.1. The zero-order valence-electron chi connectivity index (χ0n) is 11.1. The van der Waals surface area contributed by atoms with E-state index in [0.717, 1.165) is 29.4 Å². The highest BCUT2D eigenvalue weighted by molar-refractivity contribution is 5.85. The molecule has 1 N–H and O–H groups in total. The summed E-state index contributed by atoms with van der Waals surface area (Å²) in [6.07, 6.45) is 5.10. The fourth-order valence-electron chi connectivity index (χ4n) is 3.10. The van der Waals surface area contributed by atoms with Crippen LogP contribution < -0.4 is 5.32 Å². The number of amides is 1. The summed E-state index contributed by atoms with van der Waals surface area (Å²) in [5.41, 5.74) is 0.992. The van der Waals surface area contributed by atoms with Gasteiger partial charge in [0.25, 0.3) is 0 Å². The van der Waals surface area contributed by atoms with Gasteiger partial charge in [-0.1, -0.05) is 18.2 Å². The quantitative estimate of drug-likeness (QED) is 0.921. The Balaban J connectivity index is 1.48. The van der Waals surface area contributed by atoms with Crippen LogP contribution in [0.25, 0.3) is 10.8 Å². The summed E-state index contributed by atoms with van der Waals surface area (Å²) in [6.45, 7) is 1.47. The number of fused-ring (bicyclic) bond motifs is 2. The average molecular weight is 268 g/mol. The first kappa shape index (κ1) is 11.9. The molecule has 4 heteroatoms. The smallest absolute Gasteiger partial charge is 0.224 e. The zero-order valence-corrected chi connectivity index (χ0v) is 11.1. The minimum absolute atomic E-state index is 0.0438. The van der Waals surface area contributed by atoms with Gasteiger partial charge in [-0.3, -0.25) is 9.78 Å². The van der Waals surface area contributed by atoms with Gasteiger partial charge in [0, 0.05) is 23.7 Å². The first-order chi connectivity index (χ1) is 9.75. The largest absolute Gasteiger partial charge is 0.379 e. The molecule has 102 valence electrons. The predicted octanol–water partition coefficient (Wildman–Crippen LogP) is 1.68. The lowest BCUT2D eigenvalue weighted by Crippen LogP contribution is -2.40. The van der Waals surface area contributed by atoms with E-state index in [9.17, 15) is 4.79 Å². The van der Waals surface area contributed by atoms with Gasteiger partial charge in [0.15, 0.2) is 0 Å². The van der Waals surface area contributed by atoms with Crippen LogP contribution in [0.2, 0.25) is 0 Å². The molecule has 2 heterocycles. The first-order valence-electron chi connectivity index (χ1n) is 6.97. The third kappa shape index (κ3) is 1.96. The number of ether oxygens (including phenoxy) is 1. The van der Waals surface area contributed by atoms with Crippen molar-refractivity contribution in [3.63, 3.8) is 0 Å². The summed E-state index contributed by atoms with van der Waals surface area (Å²) in [7, 11) is 0. The van der Waals surface area contributed by atoms with Gasteiger partial charge in [0.05, 0.1) is 25.2 Å². The Morgan fingerprint density at radius 3 is 3.15 bits per heavy atom. The summed E-state index contributed by atoms with van der Waals surface area (Å²) in [6, 6.07) is 8.04. The fourth-order valence-corrected chi connectivity index (χ4v) is 3.10. The van der Waals surface area contributed by atoms with E-state index in [4.69, 9.17) is 4.74 Å². The van der Waals surface area contributed by atoms with E-state index in [1.54, 1.807) is 6.20 Å². The molecular weight excluding hydrogens is 252 g/mol. The van der Waals surface area contributed by atoms with Crippen LogP contribution in [0, 0.1) is 5.92 Å². The second kappa shape index (κ2) is 4.28. The van der Waals surface area contributed by atoms with Gasteiger partial charge in [-0.25, -0.2) is 0 Å². The number of carbonyl (C=O) groups excluding carboxylic acids is 1. The standard InChI is InChI=1S/C16H16N2O2/c19-15(18-16-7-14(16)9-20-10-16)6-11-1-2-13-8-17-4-3-12(13)5-11/h1-5,8,14H,6-7,9-10H2,(H,18,19)/t14-,16-/m0/s1. The van der Waals surface area contributed by atoms with Gasteiger partial charge in [0.1, 0.15) is 0 Å². The molecule has 2 aliphatic rings. The maximum atomic E-state index is 12.2.